The molecule has 1 aromatic carbocycles. The molecule has 1 heterocycles. The van der Waals surface area contributed by atoms with Crippen molar-refractivity contribution in [2.24, 2.45) is 0 Å². The van der Waals surface area contributed by atoms with Gasteiger partial charge in [-0.2, -0.15) is 9.97 Å². The fourth-order valence-electron chi connectivity index (χ4n) is 1.36. The molecule has 1 aromatic heterocycles. The van der Waals surface area contributed by atoms with Gasteiger partial charge in [-0.05, 0) is 35.0 Å². The van der Waals surface area contributed by atoms with Crippen molar-refractivity contribution in [2.75, 3.05) is 19.0 Å². The topological polar surface area (TPSA) is 69.2 Å². The van der Waals surface area contributed by atoms with E-state index in [0.717, 1.165) is 0 Å². The van der Waals surface area contributed by atoms with E-state index in [0.29, 0.717) is 17.0 Å². The van der Waals surface area contributed by atoms with Crippen molar-refractivity contribution < 1.29 is 13.9 Å². The second kappa shape index (κ2) is 6.47. The minimum atomic E-state index is -0.435. The van der Waals surface area contributed by atoms with Crippen LogP contribution in [0.1, 0.15) is 6.92 Å². The average Bonchev–Trinajstić information content (AvgIpc) is 2.43. The molecule has 0 saturated heterocycles. The lowest BCUT2D eigenvalue weighted by atomic mass is 10.3. The Morgan fingerprint density at radius 1 is 1.25 bits per heavy atom. The summed E-state index contributed by atoms with van der Waals surface area (Å²) in [6.45, 7) is 2.54. The second-order valence-corrected chi connectivity index (χ2v) is 4.49. The normalized spacial score (nSPS) is 10.2. The van der Waals surface area contributed by atoms with Gasteiger partial charge in [0, 0.05) is 12.6 Å². The van der Waals surface area contributed by atoms with Crippen LogP contribution in [0.25, 0.3) is 0 Å². The quantitative estimate of drug-likeness (QED) is 0.900. The molecule has 0 amide bonds. The lowest BCUT2D eigenvalue weighted by Crippen LogP contribution is -2.06. The Labute approximate surface area is 123 Å². The third kappa shape index (κ3) is 3.53. The maximum atomic E-state index is 13.4. The summed E-state index contributed by atoms with van der Waals surface area (Å²) in [4.78, 5) is 12.0. The number of aromatic nitrogens is 3. The highest BCUT2D eigenvalue weighted by molar-refractivity contribution is 9.10. The van der Waals surface area contributed by atoms with Gasteiger partial charge in [0.1, 0.15) is 11.6 Å². The molecule has 2 aromatic rings. The molecule has 0 bridgehead atoms. The Balaban J connectivity index is 2.27. The lowest BCUT2D eigenvalue weighted by molar-refractivity contribution is 0.359. The van der Waals surface area contributed by atoms with E-state index in [-0.39, 0.29) is 17.8 Å². The zero-order valence-electron chi connectivity index (χ0n) is 10.9. The highest BCUT2D eigenvalue weighted by Gasteiger charge is 2.09. The number of benzene rings is 1. The molecule has 1 N–H and O–H groups in total. The molecule has 0 unspecified atom stereocenters. The van der Waals surface area contributed by atoms with E-state index in [1.54, 1.807) is 6.07 Å². The van der Waals surface area contributed by atoms with E-state index < -0.39 is 5.82 Å². The Morgan fingerprint density at radius 2 is 2.00 bits per heavy atom. The van der Waals surface area contributed by atoms with Crippen LogP contribution in [-0.4, -0.2) is 28.6 Å². The first kappa shape index (κ1) is 14.4. The Kier molecular flexibility index (Phi) is 4.67. The third-order valence-corrected chi connectivity index (χ3v) is 2.86. The zero-order chi connectivity index (χ0) is 14.5. The molecule has 106 valence electrons. The Hall–Kier alpha value is -1.96. The maximum absolute atomic E-state index is 13.4. The molecule has 0 radical (unpaired) electrons. The average molecular weight is 343 g/mol. The van der Waals surface area contributed by atoms with Gasteiger partial charge in [-0.1, -0.05) is 0 Å². The van der Waals surface area contributed by atoms with Crippen LogP contribution in [0.3, 0.4) is 0 Å². The number of nitrogens with one attached hydrogen (secondary N) is 1. The van der Waals surface area contributed by atoms with Crippen molar-refractivity contribution >= 4 is 21.9 Å². The van der Waals surface area contributed by atoms with Crippen LogP contribution >= 0.6 is 15.9 Å². The first-order valence-electron chi connectivity index (χ1n) is 5.79. The van der Waals surface area contributed by atoms with Gasteiger partial charge in [-0.25, -0.2) is 4.39 Å². The summed E-state index contributed by atoms with van der Waals surface area (Å²) < 4.78 is 24.1. The predicted octanol–water partition coefficient (Wildman–Crippen LogP) is 3.01. The first-order valence-corrected chi connectivity index (χ1v) is 6.58. The number of rotatable bonds is 5. The smallest absolute Gasteiger partial charge is 0.330 e. The zero-order valence-corrected chi connectivity index (χ0v) is 12.4. The second-order valence-electron chi connectivity index (χ2n) is 3.64. The van der Waals surface area contributed by atoms with E-state index in [1.807, 2.05) is 6.92 Å². The molecule has 0 aliphatic carbocycles. The van der Waals surface area contributed by atoms with Crippen LogP contribution in [0.4, 0.5) is 10.3 Å². The van der Waals surface area contributed by atoms with Gasteiger partial charge >= 0.3 is 12.0 Å². The molecule has 8 heteroatoms. The largest absolute Gasteiger partial charge is 0.467 e. The third-order valence-electron chi connectivity index (χ3n) is 2.21. The summed E-state index contributed by atoms with van der Waals surface area (Å²) >= 11 is 3.07. The minimum Gasteiger partial charge on any atom is -0.467 e. The van der Waals surface area contributed by atoms with Crippen molar-refractivity contribution in [1.82, 2.24) is 15.0 Å². The van der Waals surface area contributed by atoms with Crippen molar-refractivity contribution in [3.8, 4) is 17.8 Å². The van der Waals surface area contributed by atoms with E-state index in [4.69, 9.17) is 9.47 Å². The molecule has 0 atom stereocenters. The van der Waals surface area contributed by atoms with Gasteiger partial charge in [0.2, 0.25) is 5.95 Å². The summed E-state index contributed by atoms with van der Waals surface area (Å²) in [5, 5.41) is 2.93. The fourth-order valence-corrected chi connectivity index (χ4v) is 1.60. The number of ether oxygens (including phenoxy) is 2. The van der Waals surface area contributed by atoms with Crippen LogP contribution in [0.5, 0.6) is 17.8 Å². The summed E-state index contributed by atoms with van der Waals surface area (Å²) in [5.41, 5.74) is 0. The molecule has 0 spiro atoms. The van der Waals surface area contributed by atoms with Crippen LogP contribution in [0.2, 0.25) is 0 Å². The summed E-state index contributed by atoms with van der Waals surface area (Å²) in [6.07, 6.45) is 0. The molecular weight excluding hydrogens is 331 g/mol. The minimum absolute atomic E-state index is 0.0227. The number of anilines is 1. The summed E-state index contributed by atoms with van der Waals surface area (Å²) in [6, 6.07) is 4.50. The van der Waals surface area contributed by atoms with Crippen molar-refractivity contribution in [2.45, 2.75) is 6.92 Å². The number of halogens is 2. The van der Waals surface area contributed by atoms with Gasteiger partial charge in [0.05, 0.1) is 11.6 Å². The van der Waals surface area contributed by atoms with Crippen LogP contribution in [0, 0.1) is 5.82 Å². The first-order chi connectivity index (χ1) is 9.62. The van der Waals surface area contributed by atoms with Gasteiger partial charge in [-0.3, -0.25) is 0 Å². The number of hydrogen-bond acceptors (Lipinski definition) is 6. The van der Waals surface area contributed by atoms with Gasteiger partial charge in [0.25, 0.3) is 0 Å². The summed E-state index contributed by atoms with van der Waals surface area (Å²) in [7, 11) is 1.44. The fraction of sp³-hybridized carbons (Fsp3) is 0.250. The molecule has 2 rings (SSSR count). The lowest BCUT2D eigenvalue weighted by Gasteiger charge is -2.08. The molecule has 0 saturated carbocycles. The van der Waals surface area contributed by atoms with E-state index in [1.165, 1.54) is 19.2 Å². The standard InChI is InChI=1S/C12H12BrFN4O2/c1-3-15-10-16-11(19-2)18-12(17-10)20-7-4-5-8(13)9(14)6-7/h4-6H,3H2,1-2H3,(H,15,16,17,18). The molecule has 0 aliphatic rings. The van der Waals surface area contributed by atoms with Crippen molar-refractivity contribution in [3.05, 3.63) is 28.5 Å². The van der Waals surface area contributed by atoms with E-state index >= 15 is 0 Å². The van der Waals surface area contributed by atoms with Crippen molar-refractivity contribution in [1.29, 1.82) is 0 Å². The van der Waals surface area contributed by atoms with E-state index in [9.17, 15) is 4.39 Å². The predicted molar refractivity (Wildman–Crippen MR) is 74.7 cm³/mol. The number of hydrogen-bond donors (Lipinski definition) is 1. The molecular formula is C12H12BrFN4O2. The Morgan fingerprint density at radius 3 is 2.65 bits per heavy atom. The number of methoxy groups -OCH3 is 1. The monoisotopic (exact) mass is 342 g/mol. The Bertz CT molecular complexity index is 612. The molecule has 0 fully saturated rings. The SMILES string of the molecule is CCNc1nc(OC)nc(Oc2ccc(Br)c(F)c2)n1. The van der Waals surface area contributed by atoms with E-state index in [2.05, 4.69) is 36.2 Å². The van der Waals surface area contributed by atoms with Gasteiger partial charge in [0.15, 0.2) is 0 Å². The molecule has 0 aliphatic heterocycles. The number of nitrogens with zero attached hydrogens (tertiary/aromatic N) is 3. The van der Waals surface area contributed by atoms with Gasteiger partial charge in [-0.15, -0.1) is 4.98 Å². The highest BCUT2D eigenvalue weighted by Crippen LogP contribution is 2.25. The van der Waals surface area contributed by atoms with Crippen LogP contribution < -0.4 is 14.8 Å². The van der Waals surface area contributed by atoms with Gasteiger partial charge < -0.3 is 14.8 Å². The highest BCUT2D eigenvalue weighted by atomic mass is 79.9. The summed E-state index contributed by atoms with van der Waals surface area (Å²) in [5.74, 6) is 0.170. The maximum Gasteiger partial charge on any atom is 0.330 e. The van der Waals surface area contributed by atoms with Crippen LogP contribution in [0.15, 0.2) is 22.7 Å². The molecule has 6 nitrogen and oxygen atoms in total. The molecule has 20 heavy (non-hydrogen) atoms. The van der Waals surface area contributed by atoms with Crippen molar-refractivity contribution in [3.63, 3.8) is 0 Å². The van der Waals surface area contributed by atoms with Crippen LogP contribution in [-0.2, 0) is 0 Å².